The summed E-state index contributed by atoms with van der Waals surface area (Å²) in [6, 6.07) is 17.5. The minimum atomic E-state index is 0.347. The van der Waals surface area contributed by atoms with Crippen LogP contribution in [0.3, 0.4) is 0 Å². The van der Waals surface area contributed by atoms with Gasteiger partial charge in [0.2, 0.25) is 0 Å². The first-order valence-corrected chi connectivity index (χ1v) is 10.2. The quantitative estimate of drug-likeness (QED) is 0.652. The van der Waals surface area contributed by atoms with Crippen LogP contribution in [0.4, 0.5) is 11.4 Å². The molecule has 0 amide bonds. The summed E-state index contributed by atoms with van der Waals surface area (Å²) in [5, 5.41) is 0. The molecular weight excluding hydrogens is 336 g/mol. The van der Waals surface area contributed by atoms with Crippen molar-refractivity contribution in [2.45, 2.75) is 31.7 Å². The van der Waals surface area contributed by atoms with Gasteiger partial charge in [0, 0.05) is 25.0 Å². The lowest BCUT2D eigenvalue weighted by Crippen LogP contribution is -2.31. The largest absolute Gasteiger partial charge is 0.494 e. The molecule has 0 saturated carbocycles. The fourth-order valence-electron chi connectivity index (χ4n) is 4.32. The molecule has 1 saturated heterocycles. The standard InChI is InChI=1S/C23H30N2O2/c1-26-18-21-17-19-7-2-3-8-23(19)25(21)20-9-11-22(12-10-20)27-16-6-15-24-13-4-5-14-24/h2-3,7-12,21H,4-6,13-18H2,1H3. The lowest BCUT2D eigenvalue weighted by Gasteiger charge is -2.27. The maximum Gasteiger partial charge on any atom is 0.119 e. The second-order valence-corrected chi connectivity index (χ2v) is 7.56. The van der Waals surface area contributed by atoms with Crippen LogP contribution in [0, 0.1) is 0 Å². The van der Waals surface area contributed by atoms with Gasteiger partial charge >= 0.3 is 0 Å². The van der Waals surface area contributed by atoms with Crippen molar-refractivity contribution in [2.24, 2.45) is 0 Å². The van der Waals surface area contributed by atoms with Crippen molar-refractivity contribution in [3.05, 3.63) is 54.1 Å². The zero-order valence-corrected chi connectivity index (χ0v) is 16.3. The molecule has 0 spiro atoms. The molecule has 1 atom stereocenters. The summed E-state index contributed by atoms with van der Waals surface area (Å²) >= 11 is 0. The highest BCUT2D eigenvalue weighted by Crippen LogP contribution is 2.38. The number of likely N-dealkylation sites (tertiary alicyclic amines) is 1. The van der Waals surface area contributed by atoms with Crippen LogP contribution >= 0.6 is 0 Å². The molecule has 0 radical (unpaired) electrons. The van der Waals surface area contributed by atoms with Gasteiger partial charge in [0.15, 0.2) is 0 Å². The smallest absolute Gasteiger partial charge is 0.119 e. The van der Waals surface area contributed by atoms with Crippen LogP contribution in [0.1, 0.15) is 24.8 Å². The number of hydrogen-bond donors (Lipinski definition) is 0. The number of benzene rings is 2. The number of anilines is 2. The third kappa shape index (κ3) is 4.28. The molecule has 1 unspecified atom stereocenters. The molecule has 0 N–H and O–H groups in total. The second kappa shape index (κ2) is 8.77. The summed E-state index contributed by atoms with van der Waals surface area (Å²) in [5.74, 6) is 0.955. The number of rotatable bonds is 8. The molecule has 2 aliphatic rings. The van der Waals surface area contributed by atoms with Crippen molar-refractivity contribution < 1.29 is 9.47 Å². The van der Waals surface area contributed by atoms with Crippen molar-refractivity contribution in [2.75, 3.05) is 44.9 Å². The molecular formula is C23H30N2O2. The van der Waals surface area contributed by atoms with Gasteiger partial charge in [-0.25, -0.2) is 0 Å². The first-order chi connectivity index (χ1) is 13.3. The average molecular weight is 367 g/mol. The van der Waals surface area contributed by atoms with E-state index < -0.39 is 0 Å². The van der Waals surface area contributed by atoms with Crippen molar-refractivity contribution in [3.63, 3.8) is 0 Å². The predicted molar refractivity (Wildman–Crippen MR) is 110 cm³/mol. The van der Waals surface area contributed by atoms with E-state index in [4.69, 9.17) is 9.47 Å². The van der Waals surface area contributed by atoms with Gasteiger partial charge in [0.1, 0.15) is 5.75 Å². The van der Waals surface area contributed by atoms with E-state index in [2.05, 4.69) is 58.3 Å². The Balaban J connectivity index is 1.37. The van der Waals surface area contributed by atoms with Crippen LogP contribution in [0.5, 0.6) is 5.75 Å². The SMILES string of the molecule is COCC1Cc2ccccc2N1c1ccc(OCCCN2CCCC2)cc1. The Labute approximate surface area is 162 Å². The molecule has 0 aliphatic carbocycles. The van der Waals surface area contributed by atoms with Gasteiger partial charge in [0.25, 0.3) is 0 Å². The van der Waals surface area contributed by atoms with E-state index in [9.17, 15) is 0 Å². The van der Waals surface area contributed by atoms with Crippen molar-refractivity contribution >= 4 is 11.4 Å². The molecule has 2 heterocycles. The van der Waals surface area contributed by atoms with Crippen LogP contribution < -0.4 is 9.64 Å². The Morgan fingerprint density at radius 1 is 1.00 bits per heavy atom. The third-order valence-corrected chi connectivity index (χ3v) is 5.63. The van der Waals surface area contributed by atoms with Gasteiger partial charge in [-0.1, -0.05) is 18.2 Å². The van der Waals surface area contributed by atoms with E-state index in [0.717, 1.165) is 38.3 Å². The fourth-order valence-corrected chi connectivity index (χ4v) is 4.32. The normalized spacial score (nSPS) is 19.4. The van der Waals surface area contributed by atoms with Crippen LogP contribution in [0.25, 0.3) is 0 Å². The highest BCUT2D eigenvalue weighted by atomic mass is 16.5. The fraction of sp³-hybridized carbons (Fsp3) is 0.478. The highest BCUT2D eigenvalue weighted by Gasteiger charge is 2.29. The summed E-state index contributed by atoms with van der Waals surface area (Å²) in [6.45, 7) is 5.18. The van der Waals surface area contributed by atoms with Crippen LogP contribution in [-0.4, -0.2) is 50.9 Å². The average Bonchev–Trinajstić information content (AvgIpc) is 3.33. The number of nitrogens with zero attached hydrogens (tertiary/aromatic N) is 2. The summed E-state index contributed by atoms with van der Waals surface area (Å²) in [5.41, 5.74) is 3.88. The minimum Gasteiger partial charge on any atom is -0.494 e. The maximum atomic E-state index is 5.96. The van der Waals surface area contributed by atoms with Gasteiger partial charge in [-0.15, -0.1) is 0 Å². The lowest BCUT2D eigenvalue weighted by molar-refractivity contribution is 0.182. The molecule has 2 aromatic rings. The molecule has 1 fully saturated rings. The Morgan fingerprint density at radius 2 is 1.78 bits per heavy atom. The number of ether oxygens (including phenoxy) is 2. The number of hydrogen-bond acceptors (Lipinski definition) is 4. The Kier molecular flexibility index (Phi) is 5.95. The summed E-state index contributed by atoms with van der Waals surface area (Å²) in [4.78, 5) is 4.93. The van der Waals surface area contributed by atoms with Crippen molar-refractivity contribution in [3.8, 4) is 5.75 Å². The van der Waals surface area contributed by atoms with Crippen molar-refractivity contribution in [1.82, 2.24) is 4.90 Å². The molecule has 4 heteroatoms. The maximum absolute atomic E-state index is 5.96. The Morgan fingerprint density at radius 3 is 2.56 bits per heavy atom. The molecule has 4 nitrogen and oxygen atoms in total. The summed E-state index contributed by atoms with van der Waals surface area (Å²) in [6.07, 6.45) is 4.83. The molecule has 0 aromatic heterocycles. The molecule has 2 aromatic carbocycles. The van der Waals surface area contributed by atoms with Gasteiger partial charge in [-0.3, -0.25) is 0 Å². The van der Waals surface area contributed by atoms with Gasteiger partial charge in [-0.05, 0) is 74.7 Å². The van der Waals surface area contributed by atoms with Crippen LogP contribution in [0.2, 0.25) is 0 Å². The lowest BCUT2D eigenvalue weighted by atomic mass is 10.1. The van der Waals surface area contributed by atoms with Gasteiger partial charge < -0.3 is 19.3 Å². The first kappa shape index (κ1) is 18.3. The van der Waals surface area contributed by atoms with E-state index >= 15 is 0 Å². The zero-order valence-electron chi connectivity index (χ0n) is 16.3. The number of fused-ring (bicyclic) bond motifs is 1. The molecule has 27 heavy (non-hydrogen) atoms. The zero-order chi connectivity index (χ0) is 18.5. The number of methoxy groups -OCH3 is 1. The molecule has 0 bridgehead atoms. The molecule has 4 rings (SSSR count). The topological polar surface area (TPSA) is 24.9 Å². The monoisotopic (exact) mass is 366 g/mol. The van der Waals surface area contributed by atoms with Crippen LogP contribution in [0.15, 0.2) is 48.5 Å². The van der Waals surface area contributed by atoms with E-state index in [1.807, 2.05) is 0 Å². The summed E-state index contributed by atoms with van der Waals surface area (Å²) in [7, 11) is 1.78. The summed E-state index contributed by atoms with van der Waals surface area (Å²) < 4.78 is 11.4. The van der Waals surface area contributed by atoms with E-state index in [1.165, 1.54) is 42.9 Å². The predicted octanol–water partition coefficient (Wildman–Crippen LogP) is 4.26. The van der Waals surface area contributed by atoms with E-state index in [0.29, 0.717) is 6.04 Å². The first-order valence-electron chi connectivity index (χ1n) is 10.2. The van der Waals surface area contributed by atoms with Gasteiger partial charge in [0.05, 0.1) is 19.3 Å². The van der Waals surface area contributed by atoms with Crippen LogP contribution in [-0.2, 0) is 11.2 Å². The van der Waals surface area contributed by atoms with Crippen molar-refractivity contribution in [1.29, 1.82) is 0 Å². The van der Waals surface area contributed by atoms with E-state index in [1.54, 1.807) is 7.11 Å². The molecule has 144 valence electrons. The second-order valence-electron chi connectivity index (χ2n) is 7.56. The number of para-hydroxylation sites is 1. The third-order valence-electron chi connectivity index (χ3n) is 5.63. The molecule has 2 aliphatic heterocycles. The Bertz CT molecular complexity index is 725. The highest BCUT2D eigenvalue weighted by molar-refractivity contribution is 5.71. The Hall–Kier alpha value is -2.04. The van der Waals surface area contributed by atoms with Gasteiger partial charge in [-0.2, -0.15) is 0 Å². The minimum absolute atomic E-state index is 0.347. The van der Waals surface area contributed by atoms with E-state index in [-0.39, 0.29) is 0 Å².